The van der Waals surface area contributed by atoms with E-state index in [-0.39, 0.29) is 24.1 Å². The lowest BCUT2D eigenvalue weighted by Gasteiger charge is -2.18. The quantitative estimate of drug-likeness (QED) is 0.796. The molecule has 1 unspecified atom stereocenters. The van der Waals surface area contributed by atoms with Crippen molar-refractivity contribution >= 4 is 17.7 Å². The molecule has 1 aromatic rings. The predicted molar refractivity (Wildman–Crippen MR) is 85.6 cm³/mol. The lowest BCUT2D eigenvalue weighted by molar-refractivity contribution is -0.153. The van der Waals surface area contributed by atoms with E-state index in [1.807, 2.05) is 32.9 Å². The van der Waals surface area contributed by atoms with E-state index in [0.717, 1.165) is 5.56 Å². The minimum atomic E-state index is -0.485. The maximum atomic E-state index is 11.7. The minimum absolute atomic E-state index is 0.152. The summed E-state index contributed by atoms with van der Waals surface area (Å²) >= 11 is 0. The van der Waals surface area contributed by atoms with E-state index in [2.05, 4.69) is 5.32 Å². The molecule has 0 heterocycles. The maximum Gasteiger partial charge on any atom is 0.411 e. The highest BCUT2D eigenvalue weighted by molar-refractivity contribution is 5.84. The second-order valence-electron chi connectivity index (χ2n) is 5.69. The molecule has 0 saturated heterocycles. The van der Waals surface area contributed by atoms with Crippen molar-refractivity contribution in [3.63, 3.8) is 0 Å². The van der Waals surface area contributed by atoms with Crippen LogP contribution in [0, 0.1) is 5.92 Å². The maximum absolute atomic E-state index is 11.7. The van der Waals surface area contributed by atoms with Crippen molar-refractivity contribution in [2.24, 2.45) is 5.92 Å². The van der Waals surface area contributed by atoms with Gasteiger partial charge in [0.1, 0.15) is 6.10 Å². The number of nitrogens with one attached hydrogen (secondary N) is 1. The number of esters is 1. The van der Waals surface area contributed by atoms with E-state index in [0.29, 0.717) is 12.1 Å². The predicted octanol–water partition coefficient (Wildman–Crippen LogP) is 4.29. The molecular weight excluding hydrogens is 282 g/mol. The molecule has 5 nitrogen and oxygen atoms in total. The lowest BCUT2D eigenvalue weighted by atomic mass is 10.1. The van der Waals surface area contributed by atoms with Crippen LogP contribution in [0.5, 0.6) is 0 Å². The van der Waals surface area contributed by atoms with Gasteiger partial charge in [-0.25, -0.2) is 4.79 Å². The number of rotatable bonds is 6. The van der Waals surface area contributed by atoms with Gasteiger partial charge in [-0.3, -0.25) is 10.1 Å². The fourth-order valence-electron chi connectivity index (χ4n) is 1.81. The number of hydrogen-bond donors (Lipinski definition) is 1. The van der Waals surface area contributed by atoms with Gasteiger partial charge in [-0.05, 0) is 38.0 Å². The summed E-state index contributed by atoms with van der Waals surface area (Å²) in [6.45, 7) is 9.16. The molecule has 0 radical (unpaired) electrons. The van der Waals surface area contributed by atoms with Crippen molar-refractivity contribution < 1.29 is 19.1 Å². The monoisotopic (exact) mass is 307 g/mol. The Balaban J connectivity index is 2.69. The summed E-state index contributed by atoms with van der Waals surface area (Å²) in [7, 11) is 0. The van der Waals surface area contributed by atoms with Gasteiger partial charge in [0.25, 0.3) is 0 Å². The van der Waals surface area contributed by atoms with E-state index in [4.69, 9.17) is 9.47 Å². The first kappa shape index (κ1) is 18.0. The molecule has 0 aliphatic heterocycles. The largest absolute Gasteiger partial charge is 0.457 e. The highest BCUT2D eigenvalue weighted by Crippen LogP contribution is 2.24. The molecule has 1 atom stereocenters. The number of anilines is 1. The van der Waals surface area contributed by atoms with Gasteiger partial charge < -0.3 is 9.47 Å². The zero-order valence-electron chi connectivity index (χ0n) is 13.9. The van der Waals surface area contributed by atoms with Crippen LogP contribution in [0.1, 0.15) is 52.7 Å². The van der Waals surface area contributed by atoms with Crippen LogP contribution in [0.15, 0.2) is 24.3 Å². The molecule has 5 heteroatoms. The first-order valence-electron chi connectivity index (χ1n) is 7.61. The third-order valence-electron chi connectivity index (χ3n) is 2.97. The molecule has 1 aromatic carbocycles. The van der Waals surface area contributed by atoms with Gasteiger partial charge in [0.2, 0.25) is 0 Å². The fourth-order valence-corrected chi connectivity index (χ4v) is 1.81. The molecule has 0 aliphatic rings. The van der Waals surface area contributed by atoms with Crippen molar-refractivity contribution in [1.29, 1.82) is 0 Å². The number of carbonyl (C=O) groups excluding carboxylic acids is 2. The van der Waals surface area contributed by atoms with Crippen molar-refractivity contribution in [2.45, 2.75) is 53.2 Å². The van der Waals surface area contributed by atoms with Crippen LogP contribution in [0.2, 0.25) is 0 Å². The third-order valence-corrected chi connectivity index (χ3v) is 2.97. The Morgan fingerprint density at radius 2 is 1.64 bits per heavy atom. The summed E-state index contributed by atoms with van der Waals surface area (Å²) in [6, 6.07) is 7.21. The highest BCUT2D eigenvalue weighted by atomic mass is 16.6. The van der Waals surface area contributed by atoms with E-state index >= 15 is 0 Å². The molecule has 122 valence electrons. The van der Waals surface area contributed by atoms with Crippen molar-refractivity contribution in [2.75, 3.05) is 5.32 Å². The molecule has 0 bridgehead atoms. The number of hydrogen-bond acceptors (Lipinski definition) is 4. The lowest BCUT2D eigenvalue weighted by Crippen LogP contribution is -2.18. The summed E-state index contributed by atoms with van der Waals surface area (Å²) < 4.78 is 10.5. The second kappa shape index (κ2) is 8.41. The van der Waals surface area contributed by atoms with Crippen molar-refractivity contribution in [3.8, 4) is 0 Å². The van der Waals surface area contributed by atoms with Crippen LogP contribution in [-0.4, -0.2) is 18.2 Å². The van der Waals surface area contributed by atoms with Gasteiger partial charge in [-0.2, -0.15) is 0 Å². The second-order valence-corrected chi connectivity index (χ2v) is 5.69. The first-order chi connectivity index (χ1) is 10.3. The van der Waals surface area contributed by atoms with Crippen LogP contribution < -0.4 is 5.32 Å². The van der Waals surface area contributed by atoms with Crippen molar-refractivity contribution in [1.82, 2.24) is 0 Å². The first-order valence-corrected chi connectivity index (χ1v) is 7.61. The number of carbonyl (C=O) groups is 2. The van der Waals surface area contributed by atoms with Crippen molar-refractivity contribution in [3.05, 3.63) is 29.8 Å². The molecule has 0 aromatic heterocycles. The number of benzene rings is 1. The Bertz CT molecular complexity index is 494. The topological polar surface area (TPSA) is 64.6 Å². The Labute approximate surface area is 132 Å². The Hall–Kier alpha value is -2.04. The van der Waals surface area contributed by atoms with Crippen LogP contribution in [0.4, 0.5) is 10.5 Å². The normalized spacial score (nSPS) is 12.1. The average molecular weight is 307 g/mol. The third kappa shape index (κ3) is 5.76. The van der Waals surface area contributed by atoms with Gasteiger partial charge >= 0.3 is 12.1 Å². The van der Waals surface area contributed by atoms with E-state index in [9.17, 15) is 9.59 Å². The summed E-state index contributed by atoms with van der Waals surface area (Å²) in [6.07, 6.45) is -0.229. The zero-order valence-corrected chi connectivity index (χ0v) is 13.9. The number of ether oxygens (including phenoxy) is 2. The molecule has 22 heavy (non-hydrogen) atoms. The zero-order chi connectivity index (χ0) is 16.7. The highest BCUT2D eigenvalue weighted by Gasteiger charge is 2.17. The van der Waals surface area contributed by atoms with E-state index in [1.54, 1.807) is 26.0 Å². The van der Waals surface area contributed by atoms with Crippen LogP contribution in [-0.2, 0) is 14.3 Å². The van der Waals surface area contributed by atoms with E-state index in [1.165, 1.54) is 0 Å². The van der Waals surface area contributed by atoms with Gasteiger partial charge in [-0.15, -0.1) is 0 Å². The Morgan fingerprint density at radius 3 is 2.09 bits per heavy atom. The summed E-state index contributed by atoms with van der Waals surface area (Å²) in [5.74, 6) is -0.365. The van der Waals surface area contributed by atoms with Crippen LogP contribution in [0.25, 0.3) is 0 Å². The molecule has 0 aliphatic carbocycles. The van der Waals surface area contributed by atoms with Gasteiger partial charge in [0.05, 0.1) is 12.0 Å². The van der Waals surface area contributed by atoms with E-state index < -0.39 is 6.09 Å². The number of amides is 1. The van der Waals surface area contributed by atoms with Crippen LogP contribution >= 0.6 is 0 Å². The molecule has 0 fully saturated rings. The summed E-state index contributed by atoms with van der Waals surface area (Å²) in [5.41, 5.74) is 1.54. The minimum Gasteiger partial charge on any atom is -0.457 e. The van der Waals surface area contributed by atoms with Gasteiger partial charge in [-0.1, -0.05) is 32.9 Å². The SMILES string of the molecule is CCC(OC(=O)C(C)C)c1ccc(NC(=O)OC(C)C)cc1. The molecule has 0 saturated carbocycles. The van der Waals surface area contributed by atoms with Crippen LogP contribution in [0.3, 0.4) is 0 Å². The van der Waals surface area contributed by atoms with Gasteiger partial charge in [0.15, 0.2) is 0 Å². The Kier molecular flexibility index (Phi) is 6.89. The standard InChI is InChI=1S/C17H25NO4/c1-6-15(22-16(19)11(2)3)13-7-9-14(10-8-13)18-17(20)21-12(4)5/h7-12,15H,6H2,1-5H3,(H,18,20). The van der Waals surface area contributed by atoms with Gasteiger partial charge in [0, 0.05) is 5.69 Å². The molecule has 0 spiro atoms. The molecule has 1 rings (SSSR count). The molecule has 1 N–H and O–H groups in total. The Morgan fingerprint density at radius 1 is 1.05 bits per heavy atom. The summed E-state index contributed by atoms with van der Waals surface area (Å²) in [4.78, 5) is 23.2. The molecule has 1 amide bonds. The molecular formula is C17H25NO4. The smallest absolute Gasteiger partial charge is 0.411 e. The average Bonchev–Trinajstić information content (AvgIpc) is 2.44. The summed E-state index contributed by atoms with van der Waals surface area (Å²) in [5, 5.41) is 2.65. The fraction of sp³-hybridized carbons (Fsp3) is 0.529.